The van der Waals surface area contributed by atoms with E-state index in [1.807, 2.05) is 0 Å². The van der Waals surface area contributed by atoms with Gasteiger partial charge in [0.05, 0.1) is 17.7 Å². The van der Waals surface area contributed by atoms with Crippen LogP contribution in [0.4, 0.5) is 5.00 Å². The van der Waals surface area contributed by atoms with Crippen molar-refractivity contribution in [1.82, 2.24) is 10.3 Å². The highest BCUT2D eigenvalue weighted by Crippen LogP contribution is 2.26. The predicted molar refractivity (Wildman–Crippen MR) is 104 cm³/mol. The smallest absolute Gasteiger partial charge is 0.254 e. The molecule has 0 saturated heterocycles. The van der Waals surface area contributed by atoms with E-state index in [1.54, 1.807) is 35.7 Å². The molecule has 2 heterocycles. The SMILES string of the molecule is O=C(Cc1coc(-c2ccc(Cl)cc2)n1)Nc1sccc1C(=O)NC1CC1. The fourth-order valence-corrected chi connectivity index (χ4v) is 3.45. The molecule has 0 spiro atoms. The number of nitrogens with one attached hydrogen (secondary N) is 2. The van der Waals surface area contributed by atoms with E-state index in [1.165, 1.54) is 17.6 Å². The molecule has 0 bridgehead atoms. The van der Waals surface area contributed by atoms with Crippen LogP contribution in [0.2, 0.25) is 5.02 Å². The van der Waals surface area contributed by atoms with Gasteiger partial charge in [0.25, 0.3) is 5.91 Å². The Morgan fingerprint density at radius 3 is 2.74 bits per heavy atom. The highest BCUT2D eigenvalue weighted by molar-refractivity contribution is 7.14. The Balaban J connectivity index is 1.39. The van der Waals surface area contributed by atoms with Crippen molar-refractivity contribution in [1.29, 1.82) is 0 Å². The first-order chi connectivity index (χ1) is 13.1. The number of halogens is 1. The monoisotopic (exact) mass is 401 g/mol. The Kier molecular flexibility index (Phi) is 4.96. The van der Waals surface area contributed by atoms with Crippen LogP contribution in [0.25, 0.3) is 11.5 Å². The molecule has 138 valence electrons. The molecule has 27 heavy (non-hydrogen) atoms. The summed E-state index contributed by atoms with van der Waals surface area (Å²) in [4.78, 5) is 28.9. The molecule has 1 aromatic carbocycles. The maximum Gasteiger partial charge on any atom is 0.254 e. The van der Waals surface area contributed by atoms with Crippen LogP contribution >= 0.6 is 22.9 Å². The van der Waals surface area contributed by atoms with Gasteiger partial charge in [0.2, 0.25) is 11.8 Å². The fourth-order valence-electron chi connectivity index (χ4n) is 2.52. The number of anilines is 1. The number of hydrogen-bond acceptors (Lipinski definition) is 5. The zero-order valence-electron chi connectivity index (χ0n) is 14.2. The number of amides is 2. The van der Waals surface area contributed by atoms with Crippen molar-refractivity contribution in [2.24, 2.45) is 0 Å². The largest absolute Gasteiger partial charge is 0.444 e. The third-order valence-electron chi connectivity index (χ3n) is 4.06. The number of aromatic nitrogens is 1. The molecular weight excluding hydrogens is 386 g/mol. The summed E-state index contributed by atoms with van der Waals surface area (Å²) in [5.74, 6) is 0.0180. The maximum atomic E-state index is 12.3. The second-order valence-electron chi connectivity index (χ2n) is 6.29. The zero-order valence-corrected chi connectivity index (χ0v) is 15.8. The van der Waals surface area contributed by atoms with Crippen LogP contribution in [0.1, 0.15) is 28.9 Å². The molecule has 1 fully saturated rings. The molecule has 2 aromatic heterocycles. The van der Waals surface area contributed by atoms with Crippen LogP contribution in [0, 0.1) is 0 Å². The normalized spacial score (nSPS) is 13.4. The average Bonchev–Trinajstić information content (AvgIpc) is 3.14. The highest BCUT2D eigenvalue weighted by atomic mass is 35.5. The van der Waals surface area contributed by atoms with Gasteiger partial charge in [-0.1, -0.05) is 11.6 Å². The van der Waals surface area contributed by atoms with Crippen LogP contribution in [0.3, 0.4) is 0 Å². The molecule has 8 heteroatoms. The van der Waals surface area contributed by atoms with E-state index in [4.69, 9.17) is 16.0 Å². The topological polar surface area (TPSA) is 84.2 Å². The second kappa shape index (κ2) is 7.54. The highest BCUT2D eigenvalue weighted by Gasteiger charge is 2.25. The first kappa shape index (κ1) is 17.8. The van der Waals surface area contributed by atoms with Gasteiger partial charge in [-0.05, 0) is 48.6 Å². The van der Waals surface area contributed by atoms with Crippen LogP contribution in [0.15, 0.2) is 46.4 Å². The lowest BCUT2D eigenvalue weighted by Crippen LogP contribution is -2.26. The van der Waals surface area contributed by atoms with Crippen molar-refractivity contribution < 1.29 is 14.0 Å². The molecule has 1 aliphatic rings. The van der Waals surface area contributed by atoms with Gasteiger partial charge < -0.3 is 15.1 Å². The van der Waals surface area contributed by atoms with Crippen LogP contribution in [-0.4, -0.2) is 22.8 Å². The van der Waals surface area contributed by atoms with Gasteiger partial charge in [0.15, 0.2) is 0 Å². The number of carbonyl (C=O) groups is 2. The summed E-state index contributed by atoms with van der Waals surface area (Å²) in [6, 6.07) is 9.08. The fraction of sp³-hybridized carbons (Fsp3) is 0.211. The van der Waals surface area contributed by atoms with Crippen molar-refractivity contribution in [3.63, 3.8) is 0 Å². The molecule has 6 nitrogen and oxygen atoms in total. The first-order valence-electron chi connectivity index (χ1n) is 8.47. The molecular formula is C19H16ClN3O3S. The third kappa shape index (κ3) is 4.37. The molecule has 2 N–H and O–H groups in total. The van der Waals surface area contributed by atoms with Crippen molar-refractivity contribution in [3.8, 4) is 11.5 Å². The Hall–Kier alpha value is -2.64. The number of oxazole rings is 1. The van der Waals surface area contributed by atoms with Crippen molar-refractivity contribution in [2.75, 3.05) is 5.32 Å². The van der Waals surface area contributed by atoms with Crippen LogP contribution < -0.4 is 10.6 Å². The van der Waals surface area contributed by atoms with Gasteiger partial charge in [-0.3, -0.25) is 9.59 Å². The maximum absolute atomic E-state index is 12.3. The minimum atomic E-state index is -0.256. The van der Waals surface area contributed by atoms with Gasteiger partial charge >= 0.3 is 0 Å². The van der Waals surface area contributed by atoms with E-state index < -0.39 is 0 Å². The van der Waals surface area contributed by atoms with Crippen LogP contribution in [-0.2, 0) is 11.2 Å². The molecule has 0 atom stereocenters. The Labute approximate surface area is 164 Å². The number of rotatable bonds is 6. The Morgan fingerprint density at radius 2 is 2.00 bits per heavy atom. The lowest BCUT2D eigenvalue weighted by atomic mass is 10.2. The molecule has 4 rings (SSSR count). The Morgan fingerprint density at radius 1 is 1.22 bits per heavy atom. The zero-order chi connectivity index (χ0) is 18.8. The van der Waals surface area contributed by atoms with Gasteiger partial charge in [-0.2, -0.15) is 0 Å². The number of thiophene rings is 1. The minimum absolute atomic E-state index is 0.0542. The van der Waals surface area contributed by atoms with Gasteiger partial charge in [-0.15, -0.1) is 11.3 Å². The molecule has 2 amide bonds. The molecule has 0 unspecified atom stereocenters. The molecule has 0 radical (unpaired) electrons. The summed E-state index contributed by atoms with van der Waals surface area (Å²) in [5.41, 5.74) is 1.78. The average molecular weight is 402 g/mol. The van der Waals surface area contributed by atoms with E-state index in [0.717, 1.165) is 18.4 Å². The lowest BCUT2D eigenvalue weighted by molar-refractivity contribution is -0.115. The number of carbonyl (C=O) groups excluding carboxylic acids is 2. The standard InChI is InChI=1S/C19H16ClN3O3S/c20-12-3-1-11(2-4-12)18-22-14(10-26-18)9-16(24)23-19-15(7-8-27-19)17(25)21-13-5-6-13/h1-4,7-8,10,13H,5-6,9H2,(H,21,25)(H,23,24). The van der Waals surface area contributed by atoms with Crippen molar-refractivity contribution in [3.05, 3.63) is 58.3 Å². The summed E-state index contributed by atoms with van der Waals surface area (Å²) in [6.07, 6.45) is 3.54. The molecule has 3 aromatic rings. The predicted octanol–water partition coefficient (Wildman–Crippen LogP) is 4.13. The summed E-state index contributed by atoms with van der Waals surface area (Å²) in [6.45, 7) is 0. The number of hydrogen-bond donors (Lipinski definition) is 2. The lowest BCUT2D eigenvalue weighted by Gasteiger charge is -2.06. The summed E-state index contributed by atoms with van der Waals surface area (Å²) in [5, 5.41) is 8.67. The quantitative estimate of drug-likeness (QED) is 0.650. The van der Waals surface area contributed by atoms with Gasteiger partial charge in [0, 0.05) is 16.6 Å². The summed E-state index contributed by atoms with van der Waals surface area (Å²) < 4.78 is 5.44. The second-order valence-corrected chi connectivity index (χ2v) is 7.64. The van der Waals surface area contributed by atoms with E-state index in [0.29, 0.717) is 27.2 Å². The van der Waals surface area contributed by atoms with Crippen molar-refractivity contribution in [2.45, 2.75) is 25.3 Å². The van der Waals surface area contributed by atoms with E-state index >= 15 is 0 Å². The summed E-state index contributed by atoms with van der Waals surface area (Å²) in [7, 11) is 0. The van der Waals surface area contributed by atoms with Crippen LogP contribution in [0.5, 0.6) is 0 Å². The first-order valence-corrected chi connectivity index (χ1v) is 9.73. The van der Waals surface area contributed by atoms with E-state index in [9.17, 15) is 9.59 Å². The van der Waals surface area contributed by atoms with Gasteiger partial charge in [-0.25, -0.2) is 4.98 Å². The third-order valence-corrected chi connectivity index (χ3v) is 5.14. The number of nitrogens with zero attached hydrogens (tertiary/aromatic N) is 1. The minimum Gasteiger partial charge on any atom is -0.444 e. The van der Waals surface area contributed by atoms with Crippen molar-refractivity contribution >= 4 is 39.8 Å². The number of benzene rings is 1. The molecule has 0 aliphatic heterocycles. The van der Waals surface area contributed by atoms with Gasteiger partial charge in [0.1, 0.15) is 11.3 Å². The van der Waals surface area contributed by atoms with E-state index in [2.05, 4.69) is 15.6 Å². The summed E-state index contributed by atoms with van der Waals surface area (Å²) >= 11 is 7.19. The molecule has 1 aliphatic carbocycles. The molecule has 1 saturated carbocycles. The Bertz CT molecular complexity index is 976. The van der Waals surface area contributed by atoms with E-state index in [-0.39, 0.29) is 24.3 Å².